The quantitative estimate of drug-likeness (QED) is 0.565. The number of sulfone groups is 1. The van der Waals surface area contributed by atoms with Crippen LogP contribution in [-0.2, 0) is 19.9 Å². The summed E-state index contributed by atoms with van der Waals surface area (Å²) in [6.07, 6.45) is 0.488. The van der Waals surface area contributed by atoms with E-state index in [0.29, 0.717) is 12.0 Å². The van der Waals surface area contributed by atoms with E-state index in [2.05, 4.69) is 10.0 Å². The van der Waals surface area contributed by atoms with Crippen molar-refractivity contribution in [1.82, 2.24) is 10.0 Å². The van der Waals surface area contributed by atoms with Gasteiger partial charge < -0.3 is 10.4 Å². The van der Waals surface area contributed by atoms with Crippen LogP contribution in [0.25, 0.3) is 0 Å². The van der Waals surface area contributed by atoms with E-state index in [1.165, 1.54) is 12.1 Å². The molecule has 0 unspecified atom stereocenters. The molecular formula is C15H22N2O6S2. The number of hydrogen-bond donors (Lipinski definition) is 3. The number of nitrogens with one attached hydrogen (secondary N) is 2. The normalized spacial score (nSPS) is 22.8. The van der Waals surface area contributed by atoms with Gasteiger partial charge in [-0.1, -0.05) is 6.07 Å². The third kappa shape index (κ3) is 5.00. The molecule has 3 N–H and O–H groups in total. The number of carbonyl (C=O) groups is 1. The Balaban J connectivity index is 1.99. The standard InChI is InChI=1S/C15H22N2O6S2/c1-11-3-4-12(14(18)19)9-13(11)25(22,23)17-7-6-16-15(2)5-8-24(20,21)10-15/h3-4,9,16-17H,5-8,10H2,1-2H3,(H,18,19)/t15-/m0/s1. The molecule has 8 nitrogen and oxygen atoms in total. The van der Waals surface area contributed by atoms with E-state index in [4.69, 9.17) is 5.11 Å². The molecule has 1 fully saturated rings. The third-order valence-corrected chi connectivity index (χ3v) is 7.70. The maximum absolute atomic E-state index is 12.4. The van der Waals surface area contributed by atoms with Crippen LogP contribution in [0.1, 0.15) is 29.3 Å². The minimum atomic E-state index is -3.86. The van der Waals surface area contributed by atoms with Gasteiger partial charge in [0.1, 0.15) is 0 Å². The molecule has 0 saturated carbocycles. The van der Waals surface area contributed by atoms with Crippen molar-refractivity contribution in [1.29, 1.82) is 0 Å². The SMILES string of the molecule is Cc1ccc(C(=O)O)cc1S(=O)(=O)NCCN[C@@]1(C)CCS(=O)(=O)C1. The first-order chi connectivity index (χ1) is 11.4. The molecule has 2 rings (SSSR count). The highest BCUT2D eigenvalue weighted by Crippen LogP contribution is 2.22. The predicted molar refractivity (Wildman–Crippen MR) is 93.0 cm³/mol. The molecule has 25 heavy (non-hydrogen) atoms. The van der Waals surface area contributed by atoms with Crippen molar-refractivity contribution in [3.05, 3.63) is 29.3 Å². The van der Waals surface area contributed by atoms with E-state index in [-0.39, 0.29) is 35.1 Å². The topological polar surface area (TPSA) is 130 Å². The van der Waals surface area contributed by atoms with Crippen molar-refractivity contribution in [2.24, 2.45) is 0 Å². The average Bonchev–Trinajstić information content (AvgIpc) is 2.78. The van der Waals surface area contributed by atoms with Crippen LogP contribution < -0.4 is 10.0 Å². The monoisotopic (exact) mass is 390 g/mol. The first kappa shape index (κ1) is 19.8. The fourth-order valence-corrected chi connectivity index (χ4v) is 6.22. The van der Waals surface area contributed by atoms with Crippen molar-refractivity contribution in [2.75, 3.05) is 24.6 Å². The Kier molecular flexibility index (Phi) is 5.57. The van der Waals surface area contributed by atoms with Gasteiger partial charge in [-0.05, 0) is 38.0 Å². The Morgan fingerprint density at radius 2 is 2.00 bits per heavy atom. The highest BCUT2D eigenvalue weighted by molar-refractivity contribution is 7.91. The zero-order valence-corrected chi connectivity index (χ0v) is 15.7. The first-order valence-electron chi connectivity index (χ1n) is 7.73. The highest BCUT2D eigenvalue weighted by atomic mass is 32.2. The number of carboxylic acid groups (broad SMARTS) is 1. The molecule has 0 bridgehead atoms. The second-order valence-electron chi connectivity index (χ2n) is 6.51. The third-order valence-electron chi connectivity index (χ3n) is 4.20. The molecule has 140 valence electrons. The lowest BCUT2D eigenvalue weighted by Gasteiger charge is -2.24. The molecule has 1 atom stereocenters. The number of sulfonamides is 1. The van der Waals surface area contributed by atoms with Crippen LogP contribution >= 0.6 is 0 Å². The van der Waals surface area contributed by atoms with Crippen LogP contribution in [0.4, 0.5) is 0 Å². The van der Waals surface area contributed by atoms with Crippen molar-refractivity contribution in [2.45, 2.75) is 30.7 Å². The molecule has 0 aliphatic carbocycles. The summed E-state index contributed by atoms with van der Waals surface area (Å²) in [5.41, 5.74) is -0.212. The van der Waals surface area contributed by atoms with Gasteiger partial charge in [0.15, 0.2) is 9.84 Å². The smallest absolute Gasteiger partial charge is 0.335 e. The number of hydrogen-bond acceptors (Lipinski definition) is 6. The molecular weight excluding hydrogens is 368 g/mol. The summed E-state index contributed by atoms with van der Waals surface area (Å²) in [4.78, 5) is 10.9. The van der Waals surface area contributed by atoms with E-state index < -0.39 is 31.4 Å². The van der Waals surface area contributed by atoms with E-state index >= 15 is 0 Å². The largest absolute Gasteiger partial charge is 0.478 e. The van der Waals surface area contributed by atoms with Gasteiger partial charge in [0.25, 0.3) is 0 Å². The zero-order valence-electron chi connectivity index (χ0n) is 14.1. The van der Waals surface area contributed by atoms with Crippen molar-refractivity contribution in [3.63, 3.8) is 0 Å². The molecule has 1 aliphatic rings. The lowest BCUT2D eigenvalue weighted by molar-refractivity contribution is 0.0696. The van der Waals surface area contributed by atoms with Gasteiger partial charge in [0.2, 0.25) is 10.0 Å². The molecule has 1 aliphatic heterocycles. The Hall–Kier alpha value is -1.49. The van der Waals surface area contributed by atoms with Crippen LogP contribution in [0.3, 0.4) is 0 Å². The van der Waals surface area contributed by atoms with Crippen LogP contribution in [0, 0.1) is 6.92 Å². The zero-order chi connectivity index (χ0) is 18.9. The molecule has 1 aromatic carbocycles. The van der Waals surface area contributed by atoms with E-state index in [9.17, 15) is 21.6 Å². The van der Waals surface area contributed by atoms with Crippen LogP contribution in [0.5, 0.6) is 0 Å². The number of rotatable bonds is 7. The average molecular weight is 390 g/mol. The van der Waals surface area contributed by atoms with Gasteiger partial charge >= 0.3 is 5.97 Å². The van der Waals surface area contributed by atoms with Gasteiger partial charge in [0.05, 0.1) is 22.0 Å². The minimum absolute atomic E-state index is 0.0342. The number of carboxylic acids is 1. The molecule has 1 saturated heterocycles. The fraction of sp³-hybridized carbons (Fsp3) is 0.533. The van der Waals surface area contributed by atoms with Gasteiger partial charge in [-0.25, -0.2) is 26.4 Å². The van der Waals surface area contributed by atoms with E-state index in [0.717, 1.165) is 6.07 Å². The van der Waals surface area contributed by atoms with Crippen LogP contribution in [0.15, 0.2) is 23.1 Å². The molecule has 1 aromatic rings. The Bertz CT molecular complexity index is 879. The summed E-state index contributed by atoms with van der Waals surface area (Å²) in [7, 11) is -6.89. The number of aryl methyl sites for hydroxylation is 1. The van der Waals surface area contributed by atoms with Gasteiger partial charge in [-0.15, -0.1) is 0 Å². The van der Waals surface area contributed by atoms with Crippen molar-refractivity contribution < 1.29 is 26.7 Å². The summed E-state index contributed by atoms with van der Waals surface area (Å²) >= 11 is 0. The molecule has 0 spiro atoms. The van der Waals surface area contributed by atoms with Gasteiger partial charge in [-0.3, -0.25) is 0 Å². The molecule has 0 amide bonds. The summed E-state index contributed by atoms with van der Waals surface area (Å²) in [5, 5.41) is 12.1. The summed E-state index contributed by atoms with van der Waals surface area (Å²) in [6.45, 7) is 3.72. The summed E-state index contributed by atoms with van der Waals surface area (Å²) < 4.78 is 50.3. The lowest BCUT2D eigenvalue weighted by Crippen LogP contribution is -2.46. The number of benzene rings is 1. The van der Waals surface area contributed by atoms with Crippen molar-refractivity contribution >= 4 is 25.8 Å². The second-order valence-corrected chi connectivity index (χ2v) is 10.4. The van der Waals surface area contributed by atoms with Gasteiger partial charge in [-0.2, -0.15) is 0 Å². The fourth-order valence-electron chi connectivity index (χ4n) is 2.80. The summed E-state index contributed by atoms with van der Waals surface area (Å²) in [6, 6.07) is 3.92. The Morgan fingerprint density at radius 1 is 1.32 bits per heavy atom. The molecule has 0 aromatic heterocycles. The predicted octanol–water partition coefficient (Wildman–Crippen LogP) is 0.138. The van der Waals surface area contributed by atoms with Crippen LogP contribution in [0.2, 0.25) is 0 Å². The Labute approximate surface area is 147 Å². The maximum Gasteiger partial charge on any atom is 0.335 e. The maximum atomic E-state index is 12.4. The number of aromatic carboxylic acids is 1. The Morgan fingerprint density at radius 3 is 2.56 bits per heavy atom. The lowest BCUT2D eigenvalue weighted by atomic mass is 10.0. The van der Waals surface area contributed by atoms with E-state index in [1.807, 2.05) is 0 Å². The minimum Gasteiger partial charge on any atom is -0.478 e. The summed E-state index contributed by atoms with van der Waals surface area (Å²) in [5.74, 6) is -1.04. The molecule has 10 heteroatoms. The van der Waals surface area contributed by atoms with Crippen molar-refractivity contribution in [3.8, 4) is 0 Å². The highest BCUT2D eigenvalue weighted by Gasteiger charge is 2.37. The van der Waals surface area contributed by atoms with Gasteiger partial charge in [0, 0.05) is 18.6 Å². The van der Waals surface area contributed by atoms with Crippen LogP contribution in [-0.4, -0.2) is 58.0 Å². The molecule has 0 radical (unpaired) electrons. The first-order valence-corrected chi connectivity index (χ1v) is 11.0. The molecule has 1 heterocycles. The van der Waals surface area contributed by atoms with E-state index in [1.54, 1.807) is 13.8 Å². The second kappa shape index (κ2) is 7.02.